The highest BCUT2D eigenvalue weighted by Crippen LogP contribution is 2.07. The molecule has 0 atom stereocenters. The molecule has 0 saturated carbocycles. The predicted octanol–water partition coefficient (Wildman–Crippen LogP) is 8.00. The summed E-state index contributed by atoms with van der Waals surface area (Å²) in [7, 11) is 0. The molecule has 0 aliphatic carbocycles. The molecule has 170 valence electrons. The summed E-state index contributed by atoms with van der Waals surface area (Å²) in [6.45, 7) is 16.8. The maximum Gasteiger partial charge on any atom is 0.204 e. The molecule has 0 aliphatic rings. The number of carbonyl (C=O) groups excluding carboxylic acids is 1. The van der Waals surface area contributed by atoms with Crippen LogP contribution in [0.3, 0.4) is 0 Å². The predicted molar refractivity (Wildman–Crippen MR) is 137 cm³/mol. The lowest BCUT2D eigenvalue weighted by Gasteiger charge is -2.00. The number of aryl methyl sites for hydroxylation is 4. The number of hydrogen-bond acceptors (Lipinski definition) is 1. The summed E-state index contributed by atoms with van der Waals surface area (Å²) in [4.78, 5) is 8.58. The van der Waals surface area contributed by atoms with Gasteiger partial charge in [-0.3, -0.25) is 4.79 Å². The third-order valence-corrected chi connectivity index (χ3v) is 3.85. The second-order valence-corrected chi connectivity index (χ2v) is 6.57. The van der Waals surface area contributed by atoms with Crippen molar-refractivity contribution in [3.05, 3.63) is 82.9 Å². The first kappa shape index (κ1) is 32.3. The average Bonchev–Trinajstić information content (AvgIpc) is 2.77. The molecular weight excluding hydrogens is 366 g/mol. The minimum atomic E-state index is 0.250. The van der Waals surface area contributed by atoms with E-state index in [1.807, 2.05) is 13.8 Å². The molecule has 2 heteroatoms. The molecule has 1 amide bonds. The third-order valence-electron chi connectivity index (χ3n) is 3.85. The first-order valence-corrected chi connectivity index (χ1v) is 11.4. The van der Waals surface area contributed by atoms with Crippen LogP contribution in [0, 0.1) is 13.8 Å². The maximum absolute atomic E-state index is 8.58. The molecule has 0 radical (unpaired) electrons. The zero-order valence-corrected chi connectivity index (χ0v) is 20.9. The Bertz CT molecular complexity index is 594. The summed E-state index contributed by atoms with van der Waals surface area (Å²) < 4.78 is 0. The Kier molecular flexibility index (Phi) is 28.7. The summed E-state index contributed by atoms with van der Waals surface area (Å²) >= 11 is 0. The van der Waals surface area contributed by atoms with Gasteiger partial charge in [0.25, 0.3) is 0 Å². The fraction of sp³-hybridized carbons (Fsp3) is 0.464. The van der Waals surface area contributed by atoms with Crippen LogP contribution in [0.1, 0.15) is 83.1 Å². The molecule has 2 N–H and O–H groups in total. The molecule has 2 nitrogen and oxygen atoms in total. The molecule has 0 bridgehead atoms. The molecule has 0 saturated heterocycles. The topological polar surface area (TPSA) is 43.1 Å². The molecule has 30 heavy (non-hydrogen) atoms. The zero-order valence-electron chi connectivity index (χ0n) is 20.9. The van der Waals surface area contributed by atoms with Gasteiger partial charge in [-0.05, 0) is 51.2 Å². The van der Waals surface area contributed by atoms with Crippen LogP contribution in [-0.2, 0) is 17.6 Å². The van der Waals surface area contributed by atoms with E-state index in [-0.39, 0.29) is 6.41 Å². The summed E-state index contributed by atoms with van der Waals surface area (Å²) in [6.07, 6.45) is 10.6. The molecule has 0 unspecified atom stereocenters. The Labute approximate surface area is 187 Å². The minimum absolute atomic E-state index is 0.250. The summed E-state index contributed by atoms with van der Waals surface area (Å²) in [6, 6.07) is 17.4. The maximum atomic E-state index is 8.58. The van der Waals surface area contributed by atoms with Gasteiger partial charge in [0.05, 0.1) is 0 Å². The number of primary amides is 1. The van der Waals surface area contributed by atoms with Crippen LogP contribution in [0.4, 0.5) is 0 Å². The fourth-order valence-electron chi connectivity index (χ4n) is 2.26. The molecule has 2 rings (SSSR count). The second kappa shape index (κ2) is 26.6. The molecule has 0 fully saturated rings. The van der Waals surface area contributed by atoms with Crippen LogP contribution >= 0.6 is 0 Å². The van der Waals surface area contributed by atoms with Crippen LogP contribution in [0.2, 0.25) is 0 Å². The van der Waals surface area contributed by atoms with Crippen molar-refractivity contribution < 1.29 is 4.79 Å². The van der Waals surface area contributed by atoms with Gasteiger partial charge in [-0.2, -0.15) is 0 Å². The van der Waals surface area contributed by atoms with E-state index in [1.54, 1.807) is 0 Å². The highest BCUT2D eigenvalue weighted by molar-refractivity contribution is 5.42. The average molecular weight is 414 g/mol. The van der Waals surface area contributed by atoms with Crippen molar-refractivity contribution in [1.29, 1.82) is 0 Å². The van der Waals surface area contributed by atoms with Gasteiger partial charge < -0.3 is 5.73 Å². The number of benzene rings is 2. The summed E-state index contributed by atoms with van der Waals surface area (Å²) in [5, 5.41) is 0. The lowest BCUT2D eigenvalue weighted by Crippen LogP contribution is -1.85. The third kappa shape index (κ3) is 23.7. The fourth-order valence-corrected chi connectivity index (χ4v) is 2.26. The van der Waals surface area contributed by atoms with E-state index in [0.29, 0.717) is 0 Å². The molecule has 0 heterocycles. The molecule has 0 aliphatic heterocycles. The standard InChI is InChI=1S/C11H16.C8H10.C6H12.C2H6.CH3NO/c1-3-6-11-8-5-7-10(4-2)9-11;1-7-3-5-8(2)6-4-7;1-3-5-6-4-2;1-2;2-1-3/h5,7-9H,3-4,6H2,1-2H3;3-6H,1-2H3;3,5H,4,6H2,1-2H3;1-2H3;1H,(H2,2,3)/b;;5-3-;;. The summed E-state index contributed by atoms with van der Waals surface area (Å²) in [5.41, 5.74) is 9.76. The quantitative estimate of drug-likeness (QED) is 0.391. The molecule has 0 spiro atoms. The molecule has 2 aromatic carbocycles. The SMILES string of the molecule is C/C=C\CCC.CC.CCCc1cccc(CC)c1.Cc1ccc(C)cc1.NC=O. The Morgan fingerprint density at radius 3 is 1.63 bits per heavy atom. The summed E-state index contributed by atoms with van der Waals surface area (Å²) in [5.74, 6) is 0. The number of amides is 1. The molecule has 0 aromatic heterocycles. The number of carbonyl (C=O) groups is 1. The largest absolute Gasteiger partial charge is 0.372 e. The van der Waals surface area contributed by atoms with Crippen LogP contribution in [-0.4, -0.2) is 6.41 Å². The van der Waals surface area contributed by atoms with Gasteiger partial charge in [-0.1, -0.05) is 119 Å². The molecular formula is C28H47NO. The first-order valence-electron chi connectivity index (χ1n) is 11.4. The smallest absolute Gasteiger partial charge is 0.204 e. The van der Waals surface area contributed by atoms with Crippen LogP contribution < -0.4 is 5.73 Å². The lowest BCUT2D eigenvalue weighted by atomic mass is 10.1. The van der Waals surface area contributed by atoms with Crippen molar-refractivity contribution in [1.82, 2.24) is 0 Å². The number of allylic oxidation sites excluding steroid dienone is 2. The highest BCUT2D eigenvalue weighted by atomic mass is 16.1. The van der Waals surface area contributed by atoms with E-state index in [2.05, 4.69) is 108 Å². The van der Waals surface area contributed by atoms with Gasteiger partial charge in [0, 0.05) is 0 Å². The second-order valence-electron chi connectivity index (χ2n) is 6.57. The Morgan fingerprint density at radius 1 is 0.833 bits per heavy atom. The molecule has 2 aromatic rings. The zero-order chi connectivity index (χ0) is 23.6. The number of hydrogen-bond donors (Lipinski definition) is 1. The van der Waals surface area contributed by atoms with Crippen LogP contribution in [0.15, 0.2) is 60.7 Å². The van der Waals surface area contributed by atoms with Crippen molar-refractivity contribution in [2.45, 2.75) is 87.5 Å². The Balaban J connectivity index is -0.000000340. The van der Waals surface area contributed by atoms with Crippen molar-refractivity contribution in [3.8, 4) is 0 Å². The monoisotopic (exact) mass is 413 g/mol. The minimum Gasteiger partial charge on any atom is -0.372 e. The van der Waals surface area contributed by atoms with Crippen LogP contribution in [0.5, 0.6) is 0 Å². The lowest BCUT2D eigenvalue weighted by molar-refractivity contribution is -0.106. The van der Waals surface area contributed by atoms with E-state index in [9.17, 15) is 0 Å². The van der Waals surface area contributed by atoms with E-state index in [4.69, 9.17) is 4.79 Å². The van der Waals surface area contributed by atoms with Gasteiger partial charge >= 0.3 is 0 Å². The van der Waals surface area contributed by atoms with E-state index >= 15 is 0 Å². The number of nitrogens with two attached hydrogens (primary N) is 1. The Hall–Kier alpha value is -2.35. The van der Waals surface area contributed by atoms with E-state index in [0.717, 1.165) is 6.42 Å². The highest BCUT2D eigenvalue weighted by Gasteiger charge is 1.91. The van der Waals surface area contributed by atoms with Crippen LogP contribution in [0.25, 0.3) is 0 Å². The van der Waals surface area contributed by atoms with E-state index in [1.165, 1.54) is 47.9 Å². The van der Waals surface area contributed by atoms with Crippen molar-refractivity contribution in [2.75, 3.05) is 0 Å². The van der Waals surface area contributed by atoms with Gasteiger partial charge in [-0.25, -0.2) is 0 Å². The Morgan fingerprint density at radius 2 is 1.30 bits per heavy atom. The van der Waals surface area contributed by atoms with Gasteiger partial charge in [-0.15, -0.1) is 0 Å². The van der Waals surface area contributed by atoms with Crippen molar-refractivity contribution in [2.24, 2.45) is 5.73 Å². The van der Waals surface area contributed by atoms with Gasteiger partial charge in [0.1, 0.15) is 0 Å². The van der Waals surface area contributed by atoms with Gasteiger partial charge in [0.15, 0.2) is 0 Å². The number of unbranched alkanes of at least 4 members (excludes halogenated alkanes) is 1. The number of rotatable bonds is 5. The van der Waals surface area contributed by atoms with Crippen molar-refractivity contribution in [3.63, 3.8) is 0 Å². The first-order chi connectivity index (χ1) is 14.5. The normalized spacial score (nSPS) is 8.80. The van der Waals surface area contributed by atoms with Crippen molar-refractivity contribution >= 4 is 6.41 Å². The van der Waals surface area contributed by atoms with Gasteiger partial charge in [0.2, 0.25) is 6.41 Å². The van der Waals surface area contributed by atoms with E-state index < -0.39 is 0 Å².